The molecule has 0 saturated carbocycles. The first-order valence-electron chi connectivity index (χ1n) is 13.2. The second-order valence-corrected chi connectivity index (χ2v) is 10.4. The number of hydrogen-bond acceptors (Lipinski definition) is 9. The first-order chi connectivity index (χ1) is 19.7. The van der Waals surface area contributed by atoms with Crippen LogP contribution in [0.2, 0.25) is 0 Å². The molecule has 0 unspecified atom stereocenters. The topological polar surface area (TPSA) is 97.6 Å². The summed E-state index contributed by atoms with van der Waals surface area (Å²) in [4.78, 5) is 32.4. The third kappa shape index (κ3) is 6.07. The van der Waals surface area contributed by atoms with E-state index in [2.05, 4.69) is 11.6 Å². The van der Waals surface area contributed by atoms with E-state index in [0.29, 0.717) is 49.2 Å². The number of carbonyl (C=O) groups is 1. The molecule has 1 atom stereocenters. The van der Waals surface area contributed by atoms with Crippen LogP contribution >= 0.6 is 11.3 Å². The van der Waals surface area contributed by atoms with Gasteiger partial charge in [0.2, 0.25) is 0 Å². The minimum atomic E-state index is -0.795. The predicted octanol–water partition coefficient (Wildman–Crippen LogP) is 4.17. The van der Waals surface area contributed by atoms with Crippen LogP contribution in [0.25, 0.3) is 6.08 Å². The number of esters is 1. The normalized spacial score (nSPS) is 14.8. The van der Waals surface area contributed by atoms with Crippen molar-refractivity contribution in [1.82, 2.24) is 4.57 Å². The molecule has 10 heteroatoms. The summed E-state index contributed by atoms with van der Waals surface area (Å²) in [6.45, 7) is 11.5. The summed E-state index contributed by atoms with van der Waals surface area (Å²) in [5.41, 5.74) is 1.75. The van der Waals surface area contributed by atoms with Gasteiger partial charge in [0.25, 0.3) is 5.56 Å². The standard InChI is InChI=1S/C31H34N2O7S/c1-8-15-39-28-21(11-10-12-23(28)36-6)17-25-29(34)33-27(20-13-14-22(40-18(3)4)24(16-20)37-7)26(30(35)38-9-2)19(5)32-31(33)41-25/h8,10-14,16-18,27H,1,9,15H2,2-7H3/b25-17+/t27-/m1/s1. The monoisotopic (exact) mass is 578 g/mol. The van der Waals surface area contributed by atoms with Crippen molar-refractivity contribution in [1.29, 1.82) is 0 Å². The lowest BCUT2D eigenvalue weighted by Crippen LogP contribution is -2.40. The van der Waals surface area contributed by atoms with E-state index in [1.54, 1.807) is 58.4 Å². The molecule has 2 heterocycles. The Labute approximate surface area is 242 Å². The second-order valence-electron chi connectivity index (χ2n) is 9.36. The van der Waals surface area contributed by atoms with Crippen molar-refractivity contribution in [3.63, 3.8) is 0 Å². The number of methoxy groups -OCH3 is 2. The lowest BCUT2D eigenvalue weighted by Gasteiger charge is -2.25. The van der Waals surface area contributed by atoms with Crippen LogP contribution in [0, 0.1) is 0 Å². The molecule has 0 saturated heterocycles. The van der Waals surface area contributed by atoms with Crippen LogP contribution < -0.4 is 33.8 Å². The summed E-state index contributed by atoms with van der Waals surface area (Å²) >= 11 is 1.22. The molecule has 216 valence electrons. The molecule has 0 N–H and O–H groups in total. The summed E-state index contributed by atoms with van der Waals surface area (Å²) in [6.07, 6.45) is 3.31. The lowest BCUT2D eigenvalue weighted by molar-refractivity contribution is -0.139. The number of benzene rings is 2. The van der Waals surface area contributed by atoms with Gasteiger partial charge in [0, 0.05) is 5.56 Å². The van der Waals surface area contributed by atoms with Gasteiger partial charge in [0.05, 0.1) is 48.8 Å². The predicted molar refractivity (Wildman–Crippen MR) is 158 cm³/mol. The van der Waals surface area contributed by atoms with Gasteiger partial charge in [-0.25, -0.2) is 9.79 Å². The van der Waals surface area contributed by atoms with Crippen molar-refractivity contribution < 1.29 is 28.5 Å². The second kappa shape index (κ2) is 12.9. The van der Waals surface area contributed by atoms with E-state index in [0.717, 1.165) is 0 Å². The minimum absolute atomic E-state index is 0.0679. The van der Waals surface area contributed by atoms with Crippen molar-refractivity contribution in [2.75, 3.05) is 27.4 Å². The molecule has 1 aliphatic rings. The van der Waals surface area contributed by atoms with Gasteiger partial charge < -0.3 is 23.7 Å². The maximum absolute atomic E-state index is 14.0. The highest BCUT2D eigenvalue weighted by molar-refractivity contribution is 7.07. The number of carbonyl (C=O) groups excluding carboxylic acids is 1. The minimum Gasteiger partial charge on any atom is -0.493 e. The molecule has 41 heavy (non-hydrogen) atoms. The van der Waals surface area contributed by atoms with E-state index in [1.165, 1.54) is 15.9 Å². The van der Waals surface area contributed by atoms with Gasteiger partial charge in [-0.15, -0.1) is 0 Å². The Balaban J connectivity index is 1.95. The molecule has 1 aliphatic heterocycles. The molecule has 0 spiro atoms. The van der Waals surface area contributed by atoms with Gasteiger partial charge in [0.15, 0.2) is 27.8 Å². The average molecular weight is 579 g/mol. The van der Waals surface area contributed by atoms with Crippen LogP contribution in [0.1, 0.15) is 44.9 Å². The van der Waals surface area contributed by atoms with Crippen LogP contribution in [0.3, 0.4) is 0 Å². The molecule has 3 aromatic rings. The Kier molecular flexibility index (Phi) is 9.34. The maximum atomic E-state index is 14.0. The van der Waals surface area contributed by atoms with Crippen molar-refractivity contribution in [3.05, 3.63) is 91.1 Å². The number of thiazole rings is 1. The number of hydrogen-bond donors (Lipinski definition) is 0. The first-order valence-corrected chi connectivity index (χ1v) is 14.0. The van der Waals surface area contributed by atoms with Crippen molar-refractivity contribution in [3.8, 4) is 23.0 Å². The number of nitrogens with zero attached hydrogens (tertiary/aromatic N) is 2. The number of aromatic nitrogens is 1. The van der Waals surface area contributed by atoms with Crippen molar-refractivity contribution in [2.24, 2.45) is 4.99 Å². The van der Waals surface area contributed by atoms with Gasteiger partial charge in [-0.3, -0.25) is 9.36 Å². The first kappa shape index (κ1) is 29.7. The number of fused-ring (bicyclic) bond motifs is 1. The van der Waals surface area contributed by atoms with Gasteiger partial charge in [-0.05, 0) is 57.5 Å². The van der Waals surface area contributed by atoms with Gasteiger partial charge in [0.1, 0.15) is 6.61 Å². The van der Waals surface area contributed by atoms with Crippen LogP contribution in [0.15, 0.2) is 70.1 Å². The Bertz CT molecular complexity index is 1670. The zero-order valence-corrected chi connectivity index (χ0v) is 24.9. The SMILES string of the molecule is C=CCOc1c(/C=c2/sc3n(c2=O)[C@H](c2ccc(OC(C)C)c(OC)c2)C(C(=O)OCC)=C(C)N=3)cccc1OC. The van der Waals surface area contributed by atoms with Crippen LogP contribution in [0.4, 0.5) is 0 Å². The van der Waals surface area contributed by atoms with Crippen LogP contribution in [-0.4, -0.2) is 44.1 Å². The van der Waals surface area contributed by atoms with Gasteiger partial charge in [-0.2, -0.15) is 0 Å². The fourth-order valence-electron chi connectivity index (χ4n) is 4.56. The Morgan fingerprint density at radius 3 is 2.56 bits per heavy atom. The summed E-state index contributed by atoms with van der Waals surface area (Å²) in [5.74, 6) is 1.52. The number of ether oxygens (including phenoxy) is 5. The Morgan fingerprint density at radius 1 is 1.15 bits per heavy atom. The highest BCUT2D eigenvalue weighted by Crippen LogP contribution is 2.37. The van der Waals surface area contributed by atoms with E-state index < -0.39 is 12.0 Å². The van der Waals surface area contributed by atoms with Crippen LogP contribution in [-0.2, 0) is 9.53 Å². The molecule has 9 nitrogen and oxygen atoms in total. The van der Waals surface area contributed by atoms with Crippen molar-refractivity contribution in [2.45, 2.75) is 39.8 Å². The van der Waals surface area contributed by atoms with Gasteiger partial charge >= 0.3 is 5.97 Å². The molecule has 2 aromatic carbocycles. The summed E-state index contributed by atoms with van der Waals surface area (Å²) in [7, 11) is 3.10. The molecule has 4 rings (SSSR count). The molecule has 0 bridgehead atoms. The zero-order valence-electron chi connectivity index (χ0n) is 24.1. The third-order valence-electron chi connectivity index (χ3n) is 6.24. The molecule has 0 amide bonds. The molecule has 0 radical (unpaired) electrons. The largest absolute Gasteiger partial charge is 0.493 e. The summed E-state index contributed by atoms with van der Waals surface area (Å²) in [6, 6.07) is 10.0. The van der Waals surface area contributed by atoms with Crippen molar-refractivity contribution >= 4 is 23.4 Å². The fraction of sp³-hybridized carbons (Fsp3) is 0.323. The molecule has 0 aliphatic carbocycles. The molecule has 1 aromatic heterocycles. The van der Waals surface area contributed by atoms with E-state index in [4.69, 9.17) is 23.7 Å². The number of para-hydroxylation sites is 1. The van der Waals surface area contributed by atoms with E-state index >= 15 is 0 Å². The number of rotatable bonds is 11. The number of allylic oxidation sites excluding steroid dienone is 1. The van der Waals surface area contributed by atoms with Gasteiger partial charge in [-0.1, -0.05) is 42.2 Å². The van der Waals surface area contributed by atoms with E-state index in [1.807, 2.05) is 32.0 Å². The molecular formula is C31H34N2O7S. The lowest BCUT2D eigenvalue weighted by atomic mass is 9.95. The average Bonchev–Trinajstić information content (AvgIpc) is 3.25. The third-order valence-corrected chi connectivity index (χ3v) is 7.23. The van der Waals surface area contributed by atoms with Crippen LogP contribution in [0.5, 0.6) is 23.0 Å². The quantitative estimate of drug-likeness (QED) is 0.249. The molecular weight excluding hydrogens is 544 g/mol. The Morgan fingerprint density at radius 2 is 1.90 bits per heavy atom. The van der Waals surface area contributed by atoms with E-state index in [9.17, 15) is 9.59 Å². The fourth-order valence-corrected chi connectivity index (χ4v) is 5.60. The maximum Gasteiger partial charge on any atom is 0.338 e. The zero-order chi connectivity index (χ0) is 29.7. The van der Waals surface area contributed by atoms with E-state index in [-0.39, 0.29) is 30.5 Å². The summed E-state index contributed by atoms with van der Waals surface area (Å²) < 4.78 is 30.2. The summed E-state index contributed by atoms with van der Waals surface area (Å²) in [5, 5.41) is 0. The molecule has 0 fully saturated rings. The Hall–Kier alpha value is -4.31. The smallest absolute Gasteiger partial charge is 0.338 e. The highest BCUT2D eigenvalue weighted by Gasteiger charge is 2.34. The highest BCUT2D eigenvalue weighted by atomic mass is 32.1.